The maximum absolute atomic E-state index is 11.8. The Bertz CT molecular complexity index is 958. The van der Waals surface area contributed by atoms with Crippen LogP contribution in [0.1, 0.15) is 15.2 Å². The van der Waals surface area contributed by atoms with E-state index < -0.39 is 0 Å². The number of nitrogens with one attached hydrogen (secondary N) is 1. The summed E-state index contributed by atoms with van der Waals surface area (Å²) < 4.78 is 17.2. The van der Waals surface area contributed by atoms with E-state index in [1.807, 2.05) is 18.2 Å². The van der Waals surface area contributed by atoms with Crippen LogP contribution in [0.25, 0.3) is 10.1 Å². The molecule has 0 atom stereocenters. The molecule has 0 bridgehead atoms. The lowest BCUT2D eigenvalue weighted by molar-refractivity contribution is 0.0606. The van der Waals surface area contributed by atoms with Gasteiger partial charge in [0.25, 0.3) is 0 Å². The minimum Gasteiger partial charge on any atom is -0.497 e. The van der Waals surface area contributed by atoms with Crippen molar-refractivity contribution in [1.29, 1.82) is 0 Å². The highest BCUT2D eigenvalue weighted by Gasteiger charge is 2.16. The molecule has 1 N–H and O–H groups in total. The number of thiophene rings is 1. The number of carbonyl (C=O) groups is 1. The summed E-state index contributed by atoms with van der Waals surface area (Å²) in [6.45, 7) is 0.516. The quantitative estimate of drug-likeness (QED) is 0.574. The molecule has 0 saturated carbocycles. The van der Waals surface area contributed by atoms with Gasteiger partial charge in [-0.1, -0.05) is 0 Å². The summed E-state index contributed by atoms with van der Waals surface area (Å²) in [5.41, 5.74) is 0.968. The van der Waals surface area contributed by atoms with Gasteiger partial charge in [0.15, 0.2) is 0 Å². The van der Waals surface area contributed by atoms with Gasteiger partial charge in [-0.25, -0.2) is 9.78 Å². The summed E-state index contributed by atoms with van der Waals surface area (Å²) in [5, 5.41) is 4.23. The first-order chi connectivity index (χ1) is 12.6. The molecule has 2 heterocycles. The van der Waals surface area contributed by atoms with Gasteiger partial charge in [-0.05, 0) is 34.1 Å². The van der Waals surface area contributed by atoms with Gasteiger partial charge < -0.3 is 19.5 Å². The van der Waals surface area contributed by atoms with Crippen molar-refractivity contribution in [1.82, 2.24) is 4.98 Å². The molecule has 8 heteroatoms. The van der Waals surface area contributed by atoms with Crippen molar-refractivity contribution in [2.45, 2.75) is 6.54 Å². The lowest BCUT2D eigenvalue weighted by Gasteiger charge is -2.12. The fraction of sp³-hybridized carbons (Fsp3) is 0.222. The normalized spacial score (nSPS) is 10.6. The number of nitrogens with zero attached hydrogens (tertiary/aromatic N) is 1. The smallest absolute Gasteiger partial charge is 0.348 e. The number of rotatable bonds is 6. The second kappa shape index (κ2) is 7.92. The zero-order valence-corrected chi connectivity index (χ0v) is 16.9. The number of benzene rings is 1. The molecule has 0 aliphatic heterocycles. The third kappa shape index (κ3) is 3.61. The third-order valence-electron chi connectivity index (χ3n) is 3.84. The van der Waals surface area contributed by atoms with Gasteiger partial charge >= 0.3 is 5.97 Å². The molecule has 0 amide bonds. The number of ether oxygens (including phenoxy) is 3. The van der Waals surface area contributed by atoms with Crippen LogP contribution in [0.2, 0.25) is 0 Å². The van der Waals surface area contributed by atoms with Crippen LogP contribution < -0.4 is 14.8 Å². The van der Waals surface area contributed by atoms with Gasteiger partial charge in [0, 0.05) is 34.2 Å². The Hall–Kier alpha value is -2.32. The summed E-state index contributed by atoms with van der Waals surface area (Å²) in [4.78, 5) is 16.8. The molecule has 3 aromatic rings. The summed E-state index contributed by atoms with van der Waals surface area (Å²) in [6.07, 6.45) is 1.71. The van der Waals surface area contributed by atoms with E-state index in [1.165, 1.54) is 18.4 Å². The topological polar surface area (TPSA) is 69.7 Å². The molecule has 0 aliphatic rings. The van der Waals surface area contributed by atoms with Crippen molar-refractivity contribution in [3.8, 4) is 11.5 Å². The number of anilines is 1. The summed E-state index contributed by atoms with van der Waals surface area (Å²) in [6, 6.07) is 7.46. The number of fused-ring (bicyclic) bond motifs is 1. The van der Waals surface area contributed by atoms with E-state index in [4.69, 9.17) is 14.2 Å². The van der Waals surface area contributed by atoms with E-state index >= 15 is 0 Å². The van der Waals surface area contributed by atoms with Gasteiger partial charge in [-0.15, -0.1) is 11.3 Å². The van der Waals surface area contributed by atoms with Gasteiger partial charge in [0.1, 0.15) is 22.2 Å². The minimum absolute atomic E-state index is 0.360. The zero-order chi connectivity index (χ0) is 18.7. The molecule has 0 unspecified atom stereocenters. The molecule has 0 saturated heterocycles. The number of hydrogen-bond donors (Lipinski definition) is 1. The molecule has 136 valence electrons. The molecule has 1 aromatic carbocycles. The number of esters is 1. The van der Waals surface area contributed by atoms with E-state index in [1.54, 1.807) is 26.5 Å². The molecule has 3 rings (SSSR count). The Morgan fingerprint density at radius 2 is 2.04 bits per heavy atom. The number of aromatic nitrogens is 1. The predicted molar refractivity (Wildman–Crippen MR) is 106 cm³/mol. The standard InChI is InChI=1S/C18H17BrN2O4S/c1-23-11-5-4-10(14(6-11)24-2)8-20-17-16-12(13(19)9-21-17)7-15(26-16)18(22)25-3/h4-7,9H,8H2,1-3H3,(H,20,21). The van der Waals surface area contributed by atoms with Crippen LogP contribution in [-0.4, -0.2) is 32.3 Å². The van der Waals surface area contributed by atoms with Crippen molar-refractivity contribution < 1.29 is 19.0 Å². The van der Waals surface area contributed by atoms with Crippen molar-refractivity contribution in [3.05, 3.63) is 45.4 Å². The highest BCUT2D eigenvalue weighted by molar-refractivity contribution is 9.10. The van der Waals surface area contributed by atoms with Crippen molar-refractivity contribution in [2.75, 3.05) is 26.6 Å². The average Bonchev–Trinajstić information content (AvgIpc) is 3.13. The maximum Gasteiger partial charge on any atom is 0.348 e. The number of carbonyl (C=O) groups excluding carboxylic acids is 1. The Labute approximate surface area is 163 Å². The van der Waals surface area contributed by atoms with Crippen LogP contribution in [0.5, 0.6) is 11.5 Å². The summed E-state index contributed by atoms with van der Waals surface area (Å²) >= 11 is 4.82. The number of pyridine rings is 1. The van der Waals surface area contributed by atoms with E-state index in [2.05, 4.69) is 26.2 Å². The van der Waals surface area contributed by atoms with Crippen LogP contribution in [-0.2, 0) is 11.3 Å². The molecule has 0 aliphatic carbocycles. The molecule has 0 spiro atoms. The molecular weight excluding hydrogens is 420 g/mol. The summed E-state index contributed by atoms with van der Waals surface area (Å²) in [5.74, 6) is 1.80. The average molecular weight is 437 g/mol. The van der Waals surface area contributed by atoms with Crippen LogP contribution in [0.15, 0.2) is 34.9 Å². The molecule has 6 nitrogen and oxygen atoms in total. The lowest BCUT2D eigenvalue weighted by atomic mass is 10.2. The third-order valence-corrected chi connectivity index (χ3v) is 5.59. The van der Waals surface area contributed by atoms with E-state index in [9.17, 15) is 4.79 Å². The fourth-order valence-corrected chi connectivity index (χ4v) is 4.11. The van der Waals surface area contributed by atoms with Gasteiger partial charge in [0.2, 0.25) is 0 Å². The maximum atomic E-state index is 11.8. The second-order valence-corrected chi connectivity index (χ2v) is 7.24. The molecule has 26 heavy (non-hydrogen) atoms. The molecule has 0 fully saturated rings. The van der Waals surface area contributed by atoms with Crippen molar-refractivity contribution in [3.63, 3.8) is 0 Å². The lowest BCUT2D eigenvalue weighted by Crippen LogP contribution is -2.03. The van der Waals surface area contributed by atoms with E-state index in [0.717, 1.165) is 31.6 Å². The highest BCUT2D eigenvalue weighted by atomic mass is 79.9. The predicted octanol–water partition coefficient (Wildman–Crippen LogP) is 4.47. The SMILES string of the molecule is COC(=O)c1cc2c(Br)cnc(NCc3ccc(OC)cc3OC)c2s1. The number of hydrogen-bond acceptors (Lipinski definition) is 7. The Kier molecular flexibility index (Phi) is 5.63. The number of halogens is 1. The summed E-state index contributed by atoms with van der Waals surface area (Å²) in [7, 11) is 4.61. The Morgan fingerprint density at radius 1 is 1.23 bits per heavy atom. The van der Waals surface area contributed by atoms with Crippen LogP contribution in [0, 0.1) is 0 Å². The van der Waals surface area contributed by atoms with Crippen LogP contribution in [0.4, 0.5) is 5.82 Å². The van der Waals surface area contributed by atoms with Crippen molar-refractivity contribution in [2.24, 2.45) is 0 Å². The van der Waals surface area contributed by atoms with Gasteiger partial charge in [-0.2, -0.15) is 0 Å². The molecule has 2 aromatic heterocycles. The van der Waals surface area contributed by atoms with Crippen LogP contribution in [0.3, 0.4) is 0 Å². The first-order valence-electron chi connectivity index (χ1n) is 7.68. The van der Waals surface area contributed by atoms with Gasteiger partial charge in [-0.3, -0.25) is 0 Å². The van der Waals surface area contributed by atoms with Gasteiger partial charge in [0.05, 0.1) is 26.0 Å². The first-order valence-corrected chi connectivity index (χ1v) is 9.29. The monoisotopic (exact) mass is 436 g/mol. The fourth-order valence-electron chi connectivity index (χ4n) is 2.50. The largest absolute Gasteiger partial charge is 0.497 e. The van der Waals surface area contributed by atoms with Crippen LogP contribution >= 0.6 is 27.3 Å². The minimum atomic E-state index is -0.360. The Morgan fingerprint density at radius 3 is 2.73 bits per heavy atom. The second-order valence-electron chi connectivity index (χ2n) is 5.33. The number of methoxy groups -OCH3 is 3. The van der Waals surface area contributed by atoms with Crippen molar-refractivity contribution >= 4 is 49.1 Å². The molecular formula is C18H17BrN2O4S. The zero-order valence-electron chi connectivity index (χ0n) is 14.5. The van der Waals surface area contributed by atoms with E-state index in [-0.39, 0.29) is 5.97 Å². The first kappa shape index (κ1) is 18.5. The van der Waals surface area contributed by atoms with E-state index in [0.29, 0.717) is 17.2 Å². The molecule has 0 radical (unpaired) electrons. The highest BCUT2D eigenvalue weighted by Crippen LogP contribution is 2.36. The Balaban J connectivity index is 1.91.